The van der Waals surface area contributed by atoms with E-state index in [9.17, 15) is 0 Å². The Bertz CT molecular complexity index is 3370. The summed E-state index contributed by atoms with van der Waals surface area (Å²) in [4.78, 5) is 2.33. The number of fused-ring (bicyclic) bond motifs is 6. The molecule has 0 aliphatic rings. The molecule has 12 aromatic rings. The number of nitrogens with zero attached hydrogens (tertiary/aromatic N) is 1. The summed E-state index contributed by atoms with van der Waals surface area (Å²) in [6.07, 6.45) is 0. The molecule has 63 heavy (non-hydrogen) atoms. The summed E-state index contributed by atoms with van der Waals surface area (Å²) in [5.74, 6) is 0. The minimum absolute atomic E-state index is 0.877. The molecular weight excluding hydrogens is 767 g/mol. The van der Waals surface area contributed by atoms with E-state index in [2.05, 4.69) is 217 Å². The van der Waals surface area contributed by atoms with E-state index in [0.717, 1.165) is 94.3 Å². The molecule has 0 saturated heterocycles. The van der Waals surface area contributed by atoms with Crippen molar-refractivity contribution in [2.75, 3.05) is 4.90 Å². The second-order valence-electron chi connectivity index (χ2n) is 16.1. The summed E-state index contributed by atoms with van der Waals surface area (Å²) >= 11 is 0. The maximum absolute atomic E-state index is 6.37. The molecule has 0 bridgehead atoms. The number of hydrogen-bond acceptors (Lipinski definition) is 3. The van der Waals surface area contributed by atoms with Crippen molar-refractivity contribution in [1.29, 1.82) is 0 Å². The van der Waals surface area contributed by atoms with Gasteiger partial charge < -0.3 is 13.7 Å². The summed E-state index contributed by atoms with van der Waals surface area (Å²) in [7, 11) is 0. The van der Waals surface area contributed by atoms with Gasteiger partial charge in [0.25, 0.3) is 0 Å². The Hall–Kier alpha value is -8.40. The quantitative estimate of drug-likeness (QED) is 0.153. The molecule has 0 aliphatic heterocycles. The molecule has 2 heterocycles. The zero-order valence-corrected chi connectivity index (χ0v) is 34.3. The van der Waals surface area contributed by atoms with Crippen LogP contribution in [0.25, 0.3) is 99.5 Å². The summed E-state index contributed by atoms with van der Waals surface area (Å²) in [5, 5.41) is 4.48. The van der Waals surface area contributed by atoms with Crippen LogP contribution >= 0.6 is 0 Å². The van der Waals surface area contributed by atoms with E-state index >= 15 is 0 Å². The van der Waals surface area contributed by atoms with Crippen molar-refractivity contribution in [2.24, 2.45) is 0 Å². The van der Waals surface area contributed by atoms with Crippen molar-refractivity contribution in [2.45, 2.75) is 0 Å². The first-order valence-corrected chi connectivity index (χ1v) is 21.4. The molecule has 0 atom stereocenters. The third-order valence-electron chi connectivity index (χ3n) is 12.3. The van der Waals surface area contributed by atoms with Crippen LogP contribution in [0.2, 0.25) is 0 Å². The zero-order valence-electron chi connectivity index (χ0n) is 34.3. The lowest BCUT2D eigenvalue weighted by atomic mass is 9.92. The molecule has 2 aromatic heterocycles. The minimum Gasteiger partial charge on any atom is -0.456 e. The molecule has 0 spiro atoms. The molecule has 0 aliphatic carbocycles. The molecule has 0 amide bonds. The van der Waals surface area contributed by atoms with Gasteiger partial charge >= 0.3 is 0 Å². The Morgan fingerprint density at radius 3 is 0.921 bits per heavy atom. The zero-order chi connectivity index (χ0) is 41.7. The van der Waals surface area contributed by atoms with Gasteiger partial charge in [0.1, 0.15) is 22.3 Å². The Balaban J connectivity index is 0.962. The molecule has 3 heteroatoms. The Labute approximate surface area is 365 Å². The van der Waals surface area contributed by atoms with Crippen LogP contribution in [0.1, 0.15) is 0 Å². The van der Waals surface area contributed by atoms with E-state index in [1.165, 1.54) is 22.3 Å². The summed E-state index contributed by atoms with van der Waals surface area (Å²) in [6.45, 7) is 0. The molecule has 296 valence electrons. The third kappa shape index (κ3) is 6.73. The van der Waals surface area contributed by atoms with Gasteiger partial charge in [0.2, 0.25) is 0 Å². The van der Waals surface area contributed by atoms with Crippen molar-refractivity contribution in [3.8, 4) is 55.6 Å². The average Bonchev–Trinajstić information content (AvgIpc) is 3.93. The molecule has 0 saturated carbocycles. The summed E-state index contributed by atoms with van der Waals surface area (Å²) < 4.78 is 12.7. The van der Waals surface area contributed by atoms with Crippen molar-refractivity contribution in [3.05, 3.63) is 237 Å². The number of hydrogen-bond donors (Lipinski definition) is 0. The van der Waals surface area contributed by atoms with Gasteiger partial charge in [-0.05, 0) is 147 Å². The minimum atomic E-state index is 0.877. The number of rotatable bonds is 8. The van der Waals surface area contributed by atoms with Crippen LogP contribution in [0, 0.1) is 0 Å². The van der Waals surface area contributed by atoms with Gasteiger partial charge in [0.05, 0.1) is 0 Å². The van der Waals surface area contributed by atoms with Crippen molar-refractivity contribution in [1.82, 2.24) is 0 Å². The highest BCUT2D eigenvalue weighted by atomic mass is 16.3. The second-order valence-corrected chi connectivity index (χ2v) is 16.1. The lowest BCUT2D eigenvalue weighted by molar-refractivity contribution is 0.668. The van der Waals surface area contributed by atoms with E-state index in [-0.39, 0.29) is 0 Å². The van der Waals surface area contributed by atoms with Gasteiger partial charge in [-0.3, -0.25) is 0 Å². The Morgan fingerprint density at radius 2 is 0.508 bits per heavy atom. The molecule has 0 radical (unpaired) electrons. The van der Waals surface area contributed by atoms with Gasteiger partial charge in [-0.25, -0.2) is 0 Å². The first kappa shape index (κ1) is 36.5. The SMILES string of the molecule is c1ccc(-c2ccc(N(c3ccc(-c4ccccc4)cc3)c3ccc(-c4cc(-c5ccc6c(c5)oc5ccccc56)cc(-c5ccc6c(c5)oc5ccccc56)c4)cc3)cc2)cc1. The van der Waals surface area contributed by atoms with Crippen LogP contribution in [-0.2, 0) is 0 Å². The van der Waals surface area contributed by atoms with Crippen LogP contribution in [0.4, 0.5) is 17.1 Å². The number of benzene rings is 10. The smallest absolute Gasteiger partial charge is 0.136 e. The highest BCUT2D eigenvalue weighted by Gasteiger charge is 2.16. The van der Waals surface area contributed by atoms with E-state index in [1.54, 1.807) is 0 Å². The molecule has 0 N–H and O–H groups in total. The highest BCUT2D eigenvalue weighted by molar-refractivity contribution is 6.07. The first-order chi connectivity index (χ1) is 31.2. The number of para-hydroxylation sites is 2. The highest BCUT2D eigenvalue weighted by Crippen LogP contribution is 2.41. The number of furan rings is 2. The molecule has 12 rings (SSSR count). The van der Waals surface area contributed by atoms with E-state index in [1.807, 2.05) is 24.3 Å². The lowest BCUT2D eigenvalue weighted by Crippen LogP contribution is -2.09. The topological polar surface area (TPSA) is 29.5 Å². The maximum atomic E-state index is 6.37. The van der Waals surface area contributed by atoms with Gasteiger partial charge in [0.15, 0.2) is 0 Å². The average molecular weight is 806 g/mol. The molecule has 10 aromatic carbocycles. The van der Waals surface area contributed by atoms with E-state index < -0.39 is 0 Å². The van der Waals surface area contributed by atoms with Crippen LogP contribution in [0.3, 0.4) is 0 Å². The van der Waals surface area contributed by atoms with Crippen molar-refractivity contribution < 1.29 is 8.83 Å². The normalized spacial score (nSPS) is 11.5. The number of anilines is 3. The first-order valence-electron chi connectivity index (χ1n) is 21.4. The van der Waals surface area contributed by atoms with Crippen molar-refractivity contribution >= 4 is 60.9 Å². The van der Waals surface area contributed by atoms with Crippen LogP contribution in [-0.4, -0.2) is 0 Å². The predicted octanol–water partition coefficient (Wildman–Crippen LogP) is 17.3. The molecule has 0 fully saturated rings. The summed E-state index contributed by atoms with van der Waals surface area (Å²) in [5.41, 5.74) is 18.2. The van der Waals surface area contributed by atoms with E-state index in [0.29, 0.717) is 0 Å². The fourth-order valence-electron chi connectivity index (χ4n) is 9.06. The largest absolute Gasteiger partial charge is 0.456 e. The van der Waals surface area contributed by atoms with Crippen molar-refractivity contribution in [3.63, 3.8) is 0 Å². The van der Waals surface area contributed by atoms with Crippen LogP contribution < -0.4 is 4.90 Å². The Morgan fingerprint density at radius 1 is 0.206 bits per heavy atom. The fraction of sp³-hybridized carbons (Fsp3) is 0. The molecule has 3 nitrogen and oxygen atoms in total. The van der Waals surface area contributed by atoms with Crippen LogP contribution in [0.15, 0.2) is 245 Å². The van der Waals surface area contributed by atoms with Gasteiger partial charge in [-0.15, -0.1) is 0 Å². The third-order valence-corrected chi connectivity index (χ3v) is 12.3. The standard InChI is InChI=1S/C60H39NO2/c1-3-11-40(12-4-1)42-19-27-50(28-20-42)61(51-29-21-43(22-30-51)41-13-5-2-6-14-41)52-31-23-44(24-32-52)47-35-48(45-25-33-55-53-15-7-9-17-57(53)62-59(55)38-45)37-49(36-47)46-26-34-56-54-16-8-10-18-58(54)63-60(56)39-46/h1-39H. The molecule has 0 unspecified atom stereocenters. The predicted molar refractivity (Wildman–Crippen MR) is 263 cm³/mol. The monoisotopic (exact) mass is 805 g/mol. The summed E-state index contributed by atoms with van der Waals surface area (Å²) in [6, 6.07) is 84.2. The van der Waals surface area contributed by atoms with E-state index in [4.69, 9.17) is 8.83 Å². The van der Waals surface area contributed by atoms with Gasteiger partial charge in [0, 0.05) is 38.6 Å². The fourth-order valence-corrected chi connectivity index (χ4v) is 9.06. The Kier molecular flexibility index (Phi) is 8.83. The maximum Gasteiger partial charge on any atom is 0.136 e. The lowest BCUT2D eigenvalue weighted by Gasteiger charge is -2.26. The second kappa shape index (κ2) is 15.3. The molecular formula is C60H39NO2. The van der Waals surface area contributed by atoms with Gasteiger partial charge in [-0.2, -0.15) is 0 Å². The van der Waals surface area contributed by atoms with Gasteiger partial charge in [-0.1, -0.05) is 146 Å². The van der Waals surface area contributed by atoms with Crippen LogP contribution in [0.5, 0.6) is 0 Å².